The quantitative estimate of drug-likeness (QED) is 0.373. The van der Waals surface area contributed by atoms with E-state index in [2.05, 4.69) is 9.97 Å². The molecule has 228 valence electrons. The lowest BCUT2D eigenvalue weighted by Crippen LogP contribution is -2.59. The highest BCUT2D eigenvalue weighted by atomic mass is 32.2. The van der Waals surface area contributed by atoms with Crippen LogP contribution >= 0.6 is 0 Å². The average molecular weight is 613 g/mol. The molecule has 0 saturated carbocycles. The molecule has 2 heterocycles. The van der Waals surface area contributed by atoms with Gasteiger partial charge in [-0.2, -0.15) is 26.3 Å². The van der Waals surface area contributed by atoms with Gasteiger partial charge < -0.3 is 24.2 Å². The van der Waals surface area contributed by atoms with Gasteiger partial charge in [-0.05, 0) is 26.3 Å². The summed E-state index contributed by atoms with van der Waals surface area (Å²) in [4.78, 5) is 22.7. The summed E-state index contributed by atoms with van der Waals surface area (Å²) in [7, 11) is 0. The van der Waals surface area contributed by atoms with Crippen molar-refractivity contribution in [1.82, 2.24) is 19.2 Å². The van der Waals surface area contributed by atoms with Crippen molar-refractivity contribution in [3.05, 3.63) is 53.9 Å². The standard InChI is InChI=1S/C24H29F6N5O5S/c1-21(2,3)40-20(36)33-9-10-35(18(14-33)15-34(41(38)39)13-16-7-5-4-6-8-16)19-31-11-17(12-32-19)22(37,23(25,26)27)24(28,29)30/h4-8,11-12,18,37H,9-10,13-15H2,1-3H3,(H,38,39)/p-1/t18-/m1/s1. The first kappa shape index (κ1) is 32.5. The molecular formula is C24H28F6N5O5S-. The number of nitrogens with zero attached hydrogens (tertiary/aromatic N) is 5. The fourth-order valence-corrected chi connectivity index (χ4v) is 4.66. The monoisotopic (exact) mass is 612 g/mol. The molecule has 1 aliphatic rings. The molecule has 41 heavy (non-hydrogen) atoms. The van der Waals surface area contributed by atoms with E-state index in [4.69, 9.17) is 4.74 Å². The lowest BCUT2D eigenvalue weighted by molar-refractivity contribution is -0.376. The molecule has 1 N–H and O–H groups in total. The number of ether oxygens (including phenoxy) is 1. The lowest BCUT2D eigenvalue weighted by atomic mass is 9.95. The zero-order valence-corrected chi connectivity index (χ0v) is 23.0. The van der Waals surface area contributed by atoms with Gasteiger partial charge in [0, 0.05) is 61.9 Å². The van der Waals surface area contributed by atoms with Crippen LogP contribution in [0.5, 0.6) is 0 Å². The number of aliphatic hydroxyl groups is 1. The van der Waals surface area contributed by atoms with Gasteiger partial charge in [-0.25, -0.2) is 19.1 Å². The van der Waals surface area contributed by atoms with Gasteiger partial charge in [0.1, 0.15) is 5.60 Å². The van der Waals surface area contributed by atoms with Crippen LogP contribution in [-0.4, -0.2) is 89.3 Å². The Morgan fingerprint density at radius 3 is 2.12 bits per heavy atom. The van der Waals surface area contributed by atoms with Gasteiger partial charge in [0.25, 0.3) is 5.60 Å². The third kappa shape index (κ3) is 7.64. The van der Waals surface area contributed by atoms with Crippen molar-refractivity contribution in [3.63, 3.8) is 0 Å². The number of hydrogen-bond acceptors (Lipinski definition) is 8. The van der Waals surface area contributed by atoms with Crippen LogP contribution in [0.1, 0.15) is 31.9 Å². The lowest BCUT2D eigenvalue weighted by Gasteiger charge is -2.43. The van der Waals surface area contributed by atoms with E-state index in [1.807, 2.05) is 0 Å². The topological polar surface area (TPSA) is 122 Å². The maximum atomic E-state index is 13.3. The molecule has 2 aromatic rings. The normalized spacial score (nSPS) is 18.0. The predicted octanol–water partition coefficient (Wildman–Crippen LogP) is 3.51. The molecule has 1 aromatic carbocycles. The van der Waals surface area contributed by atoms with Crippen molar-refractivity contribution in [2.45, 2.75) is 56.9 Å². The minimum atomic E-state index is -6.12. The fraction of sp³-hybridized carbons (Fsp3) is 0.542. The van der Waals surface area contributed by atoms with E-state index in [9.17, 15) is 45.0 Å². The van der Waals surface area contributed by atoms with E-state index in [0.717, 1.165) is 4.31 Å². The van der Waals surface area contributed by atoms with E-state index >= 15 is 0 Å². The number of hydrogen-bond donors (Lipinski definition) is 1. The van der Waals surface area contributed by atoms with Gasteiger partial charge in [0.15, 0.2) is 0 Å². The molecule has 2 atom stereocenters. The summed E-state index contributed by atoms with van der Waals surface area (Å²) in [6.45, 7) is 4.47. The summed E-state index contributed by atoms with van der Waals surface area (Å²) in [5.74, 6) is -0.328. The molecule has 1 fully saturated rings. The highest BCUT2D eigenvalue weighted by molar-refractivity contribution is 7.76. The van der Waals surface area contributed by atoms with Crippen molar-refractivity contribution in [2.24, 2.45) is 0 Å². The third-order valence-electron chi connectivity index (χ3n) is 6.09. The Bertz CT molecular complexity index is 1200. The average Bonchev–Trinajstić information content (AvgIpc) is 2.86. The number of carbonyl (C=O) groups is 1. The molecule has 1 unspecified atom stereocenters. The number of piperazine rings is 1. The minimum absolute atomic E-state index is 0.00468. The predicted molar refractivity (Wildman–Crippen MR) is 133 cm³/mol. The van der Waals surface area contributed by atoms with E-state index in [-0.39, 0.29) is 51.1 Å². The SMILES string of the molecule is CC(C)(C)OC(=O)N1CCN(c2ncc(C(O)(C(F)(F)F)C(F)(F)F)cn2)[C@@H](CN(Cc2ccccc2)S(=O)[O-])C1. The fourth-order valence-electron chi connectivity index (χ4n) is 4.11. The molecule has 1 aromatic heterocycles. The van der Waals surface area contributed by atoms with Gasteiger partial charge >= 0.3 is 18.4 Å². The van der Waals surface area contributed by atoms with Crippen LogP contribution in [-0.2, 0) is 28.1 Å². The minimum Gasteiger partial charge on any atom is -0.760 e. The molecular weight excluding hydrogens is 584 g/mol. The second-order valence-electron chi connectivity index (χ2n) is 10.3. The Hall–Kier alpha value is -3.02. The zero-order chi connectivity index (χ0) is 30.8. The van der Waals surface area contributed by atoms with E-state index in [0.29, 0.717) is 5.56 Å². The summed E-state index contributed by atoms with van der Waals surface area (Å²) in [6, 6.07) is 7.65. The molecule has 10 nitrogen and oxygen atoms in total. The second-order valence-corrected chi connectivity index (χ2v) is 11.2. The smallest absolute Gasteiger partial charge is 0.430 e. The summed E-state index contributed by atoms with van der Waals surface area (Å²) in [5.41, 5.74) is -7.05. The molecule has 0 spiro atoms. The number of carbonyl (C=O) groups excluding carboxylic acids is 1. The number of rotatable bonds is 7. The van der Waals surface area contributed by atoms with Crippen LogP contribution in [0.4, 0.5) is 37.1 Å². The molecule has 1 aliphatic heterocycles. The van der Waals surface area contributed by atoms with E-state index in [1.54, 1.807) is 51.1 Å². The second kappa shape index (κ2) is 12.1. The highest BCUT2D eigenvalue weighted by Crippen LogP contribution is 2.49. The van der Waals surface area contributed by atoms with Gasteiger partial charge in [-0.1, -0.05) is 30.3 Å². The number of alkyl halides is 6. The molecule has 3 rings (SSSR count). The number of aromatic nitrogens is 2. The van der Waals surface area contributed by atoms with Crippen LogP contribution in [0.15, 0.2) is 42.7 Å². The van der Waals surface area contributed by atoms with Crippen LogP contribution in [0.2, 0.25) is 0 Å². The van der Waals surface area contributed by atoms with Crippen molar-refractivity contribution < 1.29 is 49.7 Å². The molecule has 1 saturated heterocycles. The Labute approximate surface area is 234 Å². The summed E-state index contributed by atoms with van der Waals surface area (Å²) in [6.07, 6.45) is -12.5. The van der Waals surface area contributed by atoms with Gasteiger partial charge in [0.2, 0.25) is 5.95 Å². The first-order valence-corrected chi connectivity index (χ1v) is 13.2. The van der Waals surface area contributed by atoms with Crippen molar-refractivity contribution in [3.8, 4) is 0 Å². The van der Waals surface area contributed by atoms with Gasteiger partial charge in [-0.3, -0.25) is 4.21 Å². The van der Waals surface area contributed by atoms with Gasteiger partial charge in [0.05, 0.1) is 6.04 Å². The highest BCUT2D eigenvalue weighted by Gasteiger charge is 2.71. The Morgan fingerprint density at radius 2 is 1.63 bits per heavy atom. The first-order chi connectivity index (χ1) is 18.8. The maximum absolute atomic E-state index is 13.3. The van der Waals surface area contributed by atoms with Crippen molar-refractivity contribution in [2.75, 3.05) is 31.1 Å². The van der Waals surface area contributed by atoms with Gasteiger partial charge in [-0.15, -0.1) is 0 Å². The Balaban J connectivity index is 1.94. The Morgan fingerprint density at radius 1 is 1.07 bits per heavy atom. The van der Waals surface area contributed by atoms with Crippen LogP contribution < -0.4 is 4.90 Å². The zero-order valence-electron chi connectivity index (χ0n) is 22.1. The van der Waals surface area contributed by atoms with Crippen molar-refractivity contribution >= 4 is 23.3 Å². The van der Waals surface area contributed by atoms with E-state index < -0.39 is 52.5 Å². The third-order valence-corrected chi connectivity index (χ3v) is 6.79. The number of anilines is 1. The van der Waals surface area contributed by atoms with Crippen LogP contribution in [0.3, 0.4) is 0 Å². The first-order valence-electron chi connectivity index (χ1n) is 12.1. The molecule has 1 amide bonds. The molecule has 0 bridgehead atoms. The number of amides is 1. The number of halogens is 6. The summed E-state index contributed by atoms with van der Waals surface area (Å²) in [5, 5.41) is 9.64. The van der Waals surface area contributed by atoms with Crippen LogP contribution in [0, 0.1) is 0 Å². The molecule has 0 aliphatic carbocycles. The van der Waals surface area contributed by atoms with Crippen molar-refractivity contribution in [1.29, 1.82) is 0 Å². The summed E-state index contributed by atoms with van der Waals surface area (Å²) < 4.78 is 110. The molecule has 17 heteroatoms. The summed E-state index contributed by atoms with van der Waals surface area (Å²) >= 11 is -2.75. The number of benzene rings is 1. The van der Waals surface area contributed by atoms with E-state index in [1.165, 1.54) is 9.80 Å². The van der Waals surface area contributed by atoms with Crippen LogP contribution in [0.25, 0.3) is 0 Å². The molecule has 0 radical (unpaired) electrons. The largest absolute Gasteiger partial charge is 0.760 e. The maximum Gasteiger partial charge on any atom is 0.430 e. The Kier molecular flexibility index (Phi) is 9.57.